The summed E-state index contributed by atoms with van der Waals surface area (Å²) in [4.78, 5) is 31.0. The van der Waals surface area contributed by atoms with Crippen molar-refractivity contribution in [3.05, 3.63) is 108 Å². The summed E-state index contributed by atoms with van der Waals surface area (Å²) in [5.41, 5.74) is 3.35. The number of hydrogen-bond donors (Lipinski definition) is 0. The second-order valence-corrected chi connectivity index (χ2v) is 8.99. The molecular weight excluding hydrogens is 488 g/mol. The van der Waals surface area contributed by atoms with Gasteiger partial charge in [-0.25, -0.2) is 8.78 Å². The van der Waals surface area contributed by atoms with Crippen molar-refractivity contribution in [1.82, 2.24) is 9.80 Å². The quantitative estimate of drug-likeness (QED) is 0.402. The van der Waals surface area contributed by atoms with Crippen LogP contribution in [0.5, 0.6) is 5.75 Å². The predicted molar refractivity (Wildman–Crippen MR) is 144 cm³/mol. The van der Waals surface area contributed by atoms with Gasteiger partial charge < -0.3 is 19.4 Å². The highest BCUT2D eigenvalue weighted by Crippen LogP contribution is 2.26. The van der Waals surface area contributed by atoms with E-state index in [0.717, 1.165) is 5.69 Å². The number of allylic oxidation sites excluding steroid dienone is 2. The lowest BCUT2D eigenvalue weighted by Crippen LogP contribution is -2.54. The first-order valence-electron chi connectivity index (χ1n) is 12.1. The molecule has 8 heteroatoms. The maximum Gasteiger partial charge on any atom is 0.246 e. The molecule has 1 aliphatic heterocycles. The number of nitrogens with zero attached hydrogens (tertiary/aromatic N) is 3. The average Bonchev–Trinajstić information content (AvgIpc) is 2.92. The Morgan fingerprint density at radius 1 is 1.00 bits per heavy atom. The summed E-state index contributed by atoms with van der Waals surface area (Å²) in [7, 11) is 3.32. The Hall–Kier alpha value is -4.46. The molecule has 0 spiro atoms. The van der Waals surface area contributed by atoms with Crippen LogP contribution in [0.1, 0.15) is 11.1 Å². The van der Waals surface area contributed by atoms with Crippen molar-refractivity contribution in [2.45, 2.75) is 0 Å². The molecule has 0 aromatic heterocycles. The van der Waals surface area contributed by atoms with Gasteiger partial charge in [-0.1, -0.05) is 24.8 Å². The van der Waals surface area contributed by atoms with Gasteiger partial charge in [0.2, 0.25) is 11.8 Å². The monoisotopic (exact) mass is 517 g/mol. The Bertz CT molecular complexity index is 1350. The van der Waals surface area contributed by atoms with Gasteiger partial charge in [0.1, 0.15) is 23.9 Å². The van der Waals surface area contributed by atoms with E-state index in [4.69, 9.17) is 4.74 Å². The number of carbonyl (C=O) groups excluding carboxylic acids is 2. The third kappa shape index (κ3) is 6.26. The van der Waals surface area contributed by atoms with Gasteiger partial charge in [0.25, 0.3) is 0 Å². The first-order valence-corrected chi connectivity index (χ1v) is 12.1. The Morgan fingerprint density at radius 3 is 2.24 bits per heavy atom. The molecule has 0 radical (unpaired) electrons. The number of ether oxygens (including phenoxy) is 1. The molecule has 1 fully saturated rings. The van der Waals surface area contributed by atoms with Crippen LogP contribution >= 0.6 is 0 Å². The van der Waals surface area contributed by atoms with E-state index in [2.05, 4.69) is 6.58 Å². The number of halogens is 2. The summed E-state index contributed by atoms with van der Waals surface area (Å²) in [5, 5.41) is 0. The molecule has 1 heterocycles. The van der Waals surface area contributed by atoms with Crippen molar-refractivity contribution in [2.75, 3.05) is 45.2 Å². The normalized spacial score (nSPS) is 13.9. The van der Waals surface area contributed by atoms with Gasteiger partial charge in [0.05, 0.1) is 13.7 Å². The SMILES string of the molecule is C=C(/C=C(/c1ccc(F)cc1)N(C)CC(=O)N1CCN(c2cccc(OC)c2)C(=O)C1)c1ccc(F)cc1. The minimum Gasteiger partial charge on any atom is -0.497 e. The molecule has 38 heavy (non-hydrogen) atoms. The molecule has 0 bridgehead atoms. The zero-order valence-electron chi connectivity index (χ0n) is 21.4. The van der Waals surface area contributed by atoms with E-state index >= 15 is 0 Å². The van der Waals surface area contributed by atoms with Gasteiger partial charge in [-0.15, -0.1) is 0 Å². The van der Waals surface area contributed by atoms with Crippen LogP contribution in [0.15, 0.2) is 85.5 Å². The average molecular weight is 518 g/mol. The third-order valence-electron chi connectivity index (χ3n) is 6.39. The number of hydrogen-bond acceptors (Lipinski definition) is 4. The molecule has 6 nitrogen and oxygen atoms in total. The Labute approximate surface area is 221 Å². The fraction of sp³-hybridized carbons (Fsp3) is 0.200. The fourth-order valence-electron chi connectivity index (χ4n) is 4.27. The van der Waals surface area contributed by atoms with Crippen LogP contribution in [-0.2, 0) is 9.59 Å². The van der Waals surface area contributed by atoms with Crippen molar-refractivity contribution >= 4 is 28.8 Å². The van der Waals surface area contributed by atoms with Gasteiger partial charge in [0.15, 0.2) is 0 Å². The molecule has 0 aliphatic carbocycles. The van der Waals surface area contributed by atoms with Crippen LogP contribution < -0.4 is 9.64 Å². The highest BCUT2D eigenvalue weighted by molar-refractivity contribution is 5.98. The van der Waals surface area contributed by atoms with Crippen LogP contribution in [0.4, 0.5) is 14.5 Å². The molecule has 0 N–H and O–H groups in total. The second kappa shape index (κ2) is 11.7. The predicted octanol–water partition coefficient (Wildman–Crippen LogP) is 4.83. The number of amides is 2. The number of benzene rings is 3. The molecule has 3 aromatic rings. The summed E-state index contributed by atoms with van der Waals surface area (Å²) in [5.74, 6) is -0.478. The molecule has 0 atom stereocenters. The third-order valence-corrected chi connectivity index (χ3v) is 6.39. The molecular formula is C30H29F2N3O3. The standard InChI is InChI=1S/C30H29F2N3O3/c1-21(22-7-11-24(31)12-8-22)17-28(23-9-13-25(32)14-10-23)33(2)19-29(36)34-15-16-35(30(37)20-34)26-5-4-6-27(18-26)38-3/h4-14,17-18H,1,15-16,19-20H2,2-3H3/b28-17-. The largest absolute Gasteiger partial charge is 0.497 e. The lowest BCUT2D eigenvalue weighted by atomic mass is 10.0. The van der Waals surface area contributed by atoms with Gasteiger partial charge in [0, 0.05) is 37.6 Å². The van der Waals surface area contributed by atoms with Crippen molar-refractivity contribution in [1.29, 1.82) is 0 Å². The van der Waals surface area contributed by atoms with Gasteiger partial charge >= 0.3 is 0 Å². The maximum absolute atomic E-state index is 13.6. The van der Waals surface area contributed by atoms with Crippen molar-refractivity contribution in [2.24, 2.45) is 0 Å². The van der Waals surface area contributed by atoms with Crippen LogP contribution in [0.2, 0.25) is 0 Å². The number of carbonyl (C=O) groups is 2. The molecule has 3 aromatic carbocycles. The van der Waals surface area contributed by atoms with Crippen molar-refractivity contribution < 1.29 is 23.1 Å². The number of anilines is 1. The summed E-state index contributed by atoms with van der Waals surface area (Å²) in [6.45, 7) is 4.79. The van der Waals surface area contributed by atoms with E-state index in [9.17, 15) is 18.4 Å². The Kier molecular flexibility index (Phi) is 8.21. The number of methoxy groups -OCH3 is 1. The van der Waals surface area contributed by atoms with Crippen molar-refractivity contribution in [3.8, 4) is 5.75 Å². The molecule has 196 valence electrons. The van der Waals surface area contributed by atoms with Crippen LogP contribution in [0.3, 0.4) is 0 Å². The van der Waals surface area contributed by atoms with Crippen LogP contribution in [-0.4, -0.2) is 62.0 Å². The highest BCUT2D eigenvalue weighted by Gasteiger charge is 2.29. The zero-order chi connectivity index (χ0) is 27.2. The summed E-state index contributed by atoms with van der Waals surface area (Å²) in [6.07, 6.45) is 1.78. The van der Waals surface area contributed by atoms with Gasteiger partial charge in [-0.05, 0) is 71.3 Å². The minimum atomic E-state index is -0.378. The highest BCUT2D eigenvalue weighted by atomic mass is 19.1. The maximum atomic E-state index is 13.6. The summed E-state index contributed by atoms with van der Waals surface area (Å²) >= 11 is 0. The number of rotatable bonds is 8. The molecule has 1 aliphatic rings. The van der Waals surface area contributed by atoms with E-state index in [-0.39, 0.29) is 36.5 Å². The minimum absolute atomic E-state index is 0.00759. The van der Waals surface area contributed by atoms with Crippen LogP contribution in [0, 0.1) is 11.6 Å². The molecule has 0 saturated carbocycles. The molecule has 2 amide bonds. The molecule has 0 unspecified atom stereocenters. The van der Waals surface area contributed by atoms with E-state index in [1.165, 1.54) is 29.2 Å². The Morgan fingerprint density at radius 2 is 1.63 bits per heavy atom. The number of piperazine rings is 1. The van der Waals surface area contributed by atoms with E-state index in [1.807, 2.05) is 12.1 Å². The summed E-state index contributed by atoms with van der Waals surface area (Å²) < 4.78 is 32.2. The topological polar surface area (TPSA) is 53.1 Å². The van der Waals surface area contributed by atoms with Gasteiger partial charge in [-0.2, -0.15) is 0 Å². The van der Waals surface area contributed by atoms with Crippen LogP contribution in [0.25, 0.3) is 11.3 Å². The lowest BCUT2D eigenvalue weighted by Gasteiger charge is -2.35. The second-order valence-electron chi connectivity index (χ2n) is 8.99. The summed E-state index contributed by atoms with van der Waals surface area (Å²) in [6, 6.07) is 19.1. The molecule has 4 rings (SSSR count). The fourth-order valence-corrected chi connectivity index (χ4v) is 4.27. The number of likely N-dealkylation sites (N-methyl/N-ethyl adjacent to an activating group) is 1. The first kappa shape index (κ1) is 26.6. The first-order chi connectivity index (χ1) is 18.2. The van der Waals surface area contributed by atoms with E-state index in [0.29, 0.717) is 41.2 Å². The smallest absolute Gasteiger partial charge is 0.246 e. The van der Waals surface area contributed by atoms with E-state index in [1.54, 1.807) is 66.4 Å². The van der Waals surface area contributed by atoms with Gasteiger partial charge in [-0.3, -0.25) is 9.59 Å². The lowest BCUT2D eigenvalue weighted by molar-refractivity contribution is -0.137. The van der Waals surface area contributed by atoms with Crippen molar-refractivity contribution in [3.63, 3.8) is 0 Å². The molecule has 1 saturated heterocycles. The van der Waals surface area contributed by atoms with E-state index < -0.39 is 0 Å². The zero-order valence-corrected chi connectivity index (χ0v) is 21.4. The Balaban J connectivity index is 1.49.